The number of hydrogen-bond donors (Lipinski definition) is 1. The lowest BCUT2D eigenvalue weighted by Crippen LogP contribution is -2.36. The average molecular weight is 238 g/mol. The minimum atomic E-state index is 0.288. The van der Waals surface area contributed by atoms with E-state index in [2.05, 4.69) is 43.9 Å². The highest BCUT2D eigenvalue weighted by Gasteiger charge is 2.21. The Morgan fingerprint density at radius 3 is 2.47 bits per heavy atom. The van der Waals surface area contributed by atoms with Gasteiger partial charge in [0, 0.05) is 31.9 Å². The Labute approximate surface area is 105 Å². The quantitative estimate of drug-likeness (QED) is 0.820. The Morgan fingerprint density at radius 1 is 1.47 bits per heavy atom. The molecule has 0 saturated heterocycles. The fourth-order valence-electron chi connectivity index (χ4n) is 2.36. The Morgan fingerprint density at radius 2 is 2.12 bits per heavy atom. The topological polar surface area (TPSA) is 47.1 Å². The van der Waals surface area contributed by atoms with Crippen LogP contribution >= 0.6 is 0 Å². The van der Waals surface area contributed by atoms with Crippen LogP contribution in [0.3, 0.4) is 0 Å². The van der Waals surface area contributed by atoms with Crippen molar-refractivity contribution >= 4 is 0 Å². The van der Waals surface area contributed by atoms with Crippen LogP contribution in [0.15, 0.2) is 6.20 Å². The molecule has 0 amide bonds. The standard InChI is InChI=1S/C13H26N4/c1-6-17(8-10(2)3)13(7-14)12-9-16(5)15-11(12)4/h9-10,13H,6-8,14H2,1-5H3. The second-order valence-electron chi connectivity index (χ2n) is 5.08. The zero-order valence-corrected chi connectivity index (χ0v) is 11.8. The summed E-state index contributed by atoms with van der Waals surface area (Å²) in [6.07, 6.45) is 2.09. The molecule has 17 heavy (non-hydrogen) atoms. The van der Waals surface area contributed by atoms with Gasteiger partial charge in [-0.05, 0) is 19.4 Å². The summed E-state index contributed by atoms with van der Waals surface area (Å²) in [6.45, 7) is 11.5. The molecular formula is C13H26N4. The normalized spacial score (nSPS) is 13.6. The molecule has 2 N–H and O–H groups in total. The van der Waals surface area contributed by atoms with Gasteiger partial charge < -0.3 is 5.73 Å². The van der Waals surface area contributed by atoms with E-state index in [9.17, 15) is 0 Å². The molecule has 0 aromatic carbocycles. The largest absolute Gasteiger partial charge is 0.329 e. The Kier molecular flexibility index (Phi) is 5.15. The summed E-state index contributed by atoms with van der Waals surface area (Å²) < 4.78 is 1.87. The van der Waals surface area contributed by atoms with Gasteiger partial charge in [-0.3, -0.25) is 9.58 Å². The molecule has 0 bridgehead atoms. The molecule has 0 saturated carbocycles. The zero-order valence-electron chi connectivity index (χ0n) is 11.8. The van der Waals surface area contributed by atoms with Gasteiger partial charge in [-0.25, -0.2) is 0 Å². The van der Waals surface area contributed by atoms with Crippen molar-refractivity contribution < 1.29 is 0 Å². The van der Waals surface area contributed by atoms with E-state index in [0.717, 1.165) is 18.8 Å². The molecule has 1 heterocycles. The summed E-state index contributed by atoms with van der Waals surface area (Å²) >= 11 is 0. The summed E-state index contributed by atoms with van der Waals surface area (Å²) in [5, 5.41) is 4.41. The van der Waals surface area contributed by atoms with Crippen LogP contribution in [0.2, 0.25) is 0 Å². The van der Waals surface area contributed by atoms with Crippen LogP contribution in [0, 0.1) is 12.8 Å². The first kappa shape index (κ1) is 14.2. The summed E-state index contributed by atoms with van der Waals surface area (Å²) in [6, 6.07) is 0.288. The Hall–Kier alpha value is -0.870. The van der Waals surface area contributed by atoms with E-state index in [-0.39, 0.29) is 6.04 Å². The van der Waals surface area contributed by atoms with Gasteiger partial charge in [0.25, 0.3) is 0 Å². The van der Waals surface area contributed by atoms with Crippen molar-refractivity contribution in [2.24, 2.45) is 18.7 Å². The van der Waals surface area contributed by atoms with Crippen molar-refractivity contribution in [3.63, 3.8) is 0 Å². The van der Waals surface area contributed by atoms with Gasteiger partial charge in [0.05, 0.1) is 11.7 Å². The van der Waals surface area contributed by atoms with Crippen LogP contribution in [0.1, 0.15) is 38.1 Å². The predicted molar refractivity (Wildman–Crippen MR) is 71.8 cm³/mol. The van der Waals surface area contributed by atoms with Crippen LogP contribution in [-0.2, 0) is 7.05 Å². The van der Waals surface area contributed by atoms with Crippen LogP contribution in [0.25, 0.3) is 0 Å². The van der Waals surface area contributed by atoms with E-state index in [4.69, 9.17) is 5.73 Å². The molecule has 1 aromatic heterocycles. The third kappa shape index (κ3) is 3.54. The molecule has 4 heteroatoms. The molecule has 0 spiro atoms. The predicted octanol–water partition coefficient (Wildman–Crippen LogP) is 1.71. The van der Waals surface area contributed by atoms with Gasteiger partial charge in [0.2, 0.25) is 0 Å². The number of aryl methyl sites for hydroxylation is 2. The number of nitrogens with zero attached hydrogens (tertiary/aromatic N) is 3. The maximum atomic E-state index is 5.96. The SMILES string of the molecule is CCN(CC(C)C)C(CN)c1cn(C)nc1C. The van der Waals surface area contributed by atoms with Gasteiger partial charge in [-0.2, -0.15) is 5.10 Å². The van der Waals surface area contributed by atoms with Crippen molar-refractivity contribution in [1.29, 1.82) is 0 Å². The fourth-order valence-corrected chi connectivity index (χ4v) is 2.36. The fraction of sp³-hybridized carbons (Fsp3) is 0.769. The molecule has 98 valence electrons. The van der Waals surface area contributed by atoms with Crippen LogP contribution in [-0.4, -0.2) is 34.3 Å². The lowest BCUT2D eigenvalue weighted by Gasteiger charge is -2.31. The monoisotopic (exact) mass is 238 g/mol. The number of nitrogens with two attached hydrogens (primary N) is 1. The highest BCUT2D eigenvalue weighted by molar-refractivity contribution is 5.20. The highest BCUT2D eigenvalue weighted by Crippen LogP contribution is 2.22. The molecule has 1 atom stereocenters. The molecule has 0 aliphatic rings. The molecule has 1 aromatic rings. The first-order chi connectivity index (χ1) is 7.99. The van der Waals surface area contributed by atoms with Crippen LogP contribution in [0.5, 0.6) is 0 Å². The average Bonchev–Trinajstić information content (AvgIpc) is 2.57. The summed E-state index contributed by atoms with van der Waals surface area (Å²) in [4.78, 5) is 2.44. The lowest BCUT2D eigenvalue weighted by atomic mass is 10.0. The lowest BCUT2D eigenvalue weighted by molar-refractivity contribution is 0.189. The van der Waals surface area contributed by atoms with Crippen molar-refractivity contribution in [3.8, 4) is 0 Å². The minimum absolute atomic E-state index is 0.288. The van der Waals surface area contributed by atoms with Gasteiger partial charge >= 0.3 is 0 Å². The molecule has 1 unspecified atom stereocenters. The van der Waals surface area contributed by atoms with Gasteiger partial charge in [0.15, 0.2) is 0 Å². The first-order valence-corrected chi connectivity index (χ1v) is 6.43. The second kappa shape index (κ2) is 6.17. The molecule has 0 aliphatic heterocycles. The molecule has 4 nitrogen and oxygen atoms in total. The molecule has 1 rings (SSSR count). The highest BCUT2D eigenvalue weighted by atomic mass is 15.3. The third-order valence-corrected chi connectivity index (χ3v) is 3.08. The molecule has 0 radical (unpaired) electrons. The van der Waals surface area contributed by atoms with Crippen molar-refractivity contribution in [2.75, 3.05) is 19.6 Å². The summed E-state index contributed by atoms with van der Waals surface area (Å²) in [5.41, 5.74) is 8.31. The van der Waals surface area contributed by atoms with Gasteiger partial charge in [-0.1, -0.05) is 20.8 Å². The minimum Gasteiger partial charge on any atom is -0.329 e. The van der Waals surface area contributed by atoms with Gasteiger partial charge in [0.1, 0.15) is 0 Å². The van der Waals surface area contributed by atoms with E-state index in [1.807, 2.05) is 11.7 Å². The second-order valence-corrected chi connectivity index (χ2v) is 5.08. The zero-order chi connectivity index (χ0) is 13.0. The Balaban J connectivity index is 2.92. The summed E-state index contributed by atoms with van der Waals surface area (Å²) in [7, 11) is 1.96. The molecule has 0 aliphatic carbocycles. The maximum absolute atomic E-state index is 5.96. The summed E-state index contributed by atoms with van der Waals surface area (Å²) in [5.74, 6) is 0.654. The van der Waals surface area contributed by atoms with Crippen LogP contribution < -0.4 is 5.73 Å². The number of rotatable bonds is 6. The van der Waals surface area contributed by atoms with E-state index in [0.29, 0.717) is 12.5 Å². The molecular weight excluding hydrogens is 212 g/mol. The van der Waals surface area contributed by atoms with E-state index < -0.39 is 0 Å². The first-order valence-electron chi connectivity index (χ1n) is 6.43. The van der Waals surface area contributed by atoms with Crippen molar-refractivity contribution in [2.45, 2.75) is 33.7 Å². The van der Waals surface area contributed by atoms with E-state index in [1.54, 1.807) is 0 Å². The van der Waals surface area contributed by atoms with E-state index >= 15 is 0 Å². The number of likely N-dealkylation sites (N-methyl/N-ethyl adjacent to an activating group) is 1. The van der Waals surface area contributed by atoms with Crippen molar-refractivity contribution in [1.82, 2.24) is 14.7 Å². The smallest absolute Gasteiger partial charge is 0.0641 e. The van der Waals surface area contributed by atoms with Crippen LogP contribution in [0.4, 0.5) is 0 Å². The van der Waals surface area contributed by atoms with Gasteiger partial charge in [-0.15, -0.1) is 0 Å². The number of hydrogen-bond acceptors (Lipinski definition) is 3. The molecule has 0 fully saturated rings. The third-order valence-electron chi connectivity index (χ3n) is 3.08. The Bertz CT molecular complexity index is 343. The number of aromatic nitrogens is 2. The van der Waals surface area contributed by atoms with Crippen molar-refractivity contribution in [3.05, 3.63) is 17.5 Å². The maximum Gasteiger partial charge on any atom is 0.0641 e. The van der Waals surface area contributed by atoms with E-state index in [1.165, 1.54) is 5.56 Å².